The van der Waals surface area contributed by atoms with Gasteiger partial charge in [0.25, 0.3) is 0 Å². The number of carbonyl (C=O) groups excluding carboxylic acids is 1. The molecular formula is C21H24N6O2S. The van der Waals surface area contributed by atoms with Gasteiger partial charge in [-0.1, -0.05) is 48.2 Å². The second kappa shape index (κ2) is 9.62. The average Bonchev–Trinajstić information content (AvgIpc) is 3.16. The van der Waals surface area contributed by atoms with E-state index in [1.165, 1.54) is 11.8 Å². The Labute approximate surface area is 178 Å². The molecule has 0 bridgehead atoms. The molecule has 0 unspecified atom stereocenters. The number of rotatable bonds is 7. The van der Waals surface area contributed by atoms with Crippen LogP contribution in [-0.2, 0) is 17.8 Å². The molecule has 30 heavy (non-hydrogen) atoms. The molecule has 2 aromatic heterocycles. The van der Waals surface area contributed by atoms with Crippen molar-refractivity contribution < 1.29 is 4.79 Å². The molecule has 3 aromatic rings. The Hall–Kier alpha value is -3.07. The number of anilines is 1. The molecule has 0 saturated carbocycles. The molecule has 0 atom stereocenters. The fraction of sp³-hybridized carbons (Fsp3) is 0.333. The molecule has 1 N–H and O–H groups in total. The highest BCUT2D eigenvalue weighted by atomic mass is 32.2. The number of aromatic amines is 1. The van der Waals surface area contributed by atoms with Gasteiger partial charge in [-0.2, -0.15) is 0 Å². The zero-order valence-corrected chi connectivity index (χ0v) is 17.4. The minimum atomic E-state index is -0.246. The zero-order valence-electron chi connectivity index (χ0n) is 16.6. The van der Waals surface area contributed by atoms with Crippen molar-refractivity contribution in [2.45, 2.75) is 18.1 Å². The first-order valence-corrected chi connectivity index (χ1v) is 10.9. The molecule has 4 rings (SSSR count). The third-order valence-corrected chi connectivity index (χ3v) is 6.08. The number of thioether (sulfide) groups is 1. The first-order chi connectivity index (χ1) is 14.7. The maximum absolute atomic E-state index is 12.7. The maximum atomic E-state index is 12.7. The number of nitrogens with one attached hydrogen (secondary N) is 1. The first-order valence-electron chi connectivity index (χ1n) is 9.96. The lowest BCUT2D eigenvalue weighted by atomic mass is 10.1. The molecule has 1 amide bonds. The molecule has 1 aromatic carbocycles. The van der Waals surface area contributed by atoms with Crippen molar-refractivity contribution in [1.82, 2.24) is 24.6 Å². The predicted molar refractivity (Wildman–Crippen MR) is 117 cm³/mol. The van der Waals surface area contributed by atoms with Crippen LogP contribution < -0.4 is 10.6 Å². The minimum absolute atomic E-state index is 0.0609. The fourth-order valence-corrected chi connectivity index (χ4v) is 4.31. The van der Waals surface area contributed by atoms with E-state index in [1.54, 1.807) is 10.8 Å². The van der Waals surface area contributed by atoms with E-state index >= 15 is 0 Å². The molecule has 0 radical (unpaired) electrons. The van der Waals surface area contributed by atoms with Gasteiger partial charge in [0, 0.05) is 38.9 Å². The van der Waals surface area contributed by atoms with E-state index < -0.39 is 0 Å². The van der Waals surface area contributed by atoms with E-state index in [9.17, 15) is 9.59 Å². The Balaban J connectivity index is 1.29. The zero-order chi connectivity index (χ0) is 20.8. The summed E-state index contributed by atoms with van der Waals surface area (Å²) in [7, 11) is 0. The second-order valence-electron chi connectivity index (χ2n) is 7.04. The number of benzene rings is 1. The maximum Gasteiger partial charge on any atom is 0.343 e. The molecule has 0 aliphatic carbocycles. The van der Waals surface area contributed by atoms with Crippen molar-refractivity contribution in [3.05, 3.63) is 70.8 Å². The van der Waals surface area contributed by atoms with Crippen LogP contribution in [0.1, 0.15) is 5.56 Å². The summed E-state index contributed by atoms with van der Waals surface area (Å²) < 4.78 is 1.60. The lowest BCUT2D eigenvalue weighted by molar-refractivity contribution is -0.128. The smallest absolute Gasteiger partial charge is 0.343 e. The van der Waals surface area contributed by atoms with E-state index in [1.807, 2.05) is 53.4 Å². The Morgan fingerprint density at radius 3 is 2.53 bits per heavy atom. The highest BCUT2D eigenvalue weighted by Gasteiger charge is 2.22. The Morgan fingerprint density at radius 2 is 1.80 bits per heavy atom. The molecule has 9 heteroatoms. The second-order valence-corrected chi connectivity index (χ2v) is 7.99. The van der Waals surface area contributed by atoms with Gasteiger partial charge in [0.15, 0.2) is 5.16 Å². The lowest BCUT2D eigenvalue weighted by Gasteiger charge is -2.35. The topological polar surface area (TPSA) is 87.1 Å². The van der Waals surface area contributed by atoms with Crippen LogP contribution in [-0.4, -0.2) is 62.5 Å². The Bertz CT molecular complexity index is 1010. The van der Waals surface area contributed by atoms with Gasteiger partial charge < -0.3 is 9.80 Å². The van der Waals surface area contributed by atoms with E-state index in [2.05, 4.69) is 20.1 Å². The highest BCUT2D eigenvalue weighted by molar-refractivity contribution is 7.99. The average molecular weight is 425 g/mol. The molecule has 1 aliphatic rings. The van der Waals surface area contributed by atoms with Crippen LogP contribution in [0.4, 0.5) is 5.82 Å². The molecular weight excluding hydrogens is 400 g/mol. The van der Waals surface area contributed by atoms with E-state index in [-0.39, 0.29) is 17.3 Å². The predicted octanol–water partition coefficient (Wildman–Crippen LogP) is 1.65. The van der Waals surface area contributed by atoms with Gasteiger partial charge in [0.1, 0.15) is 5.82 Å². The third kappa shape index (κ3) is 4.91. The van der Waals surface area contributed by atoms with Crippen LogP contribution in [0, 0.1) is 0 Å². The standard InChI is InChI=1S/C21H24N6O2S/c28-19(26-14-12-25(13-15-26)18-8-4-5-10-22-18)16-30-21-24-23-20(29)27(21)11-9-17-6-2-1-3-7-17/h1-8,10H,9,11-16H2,(H,23,29). The molecule has 0 spiro atoms. The van der Waals surface area contributed by atoms with E-state index in [4.69, 9.17) is 0 Å². The number of hydrogen-bond acceptors (Lipinski definition) is 6. The van der Waals surface area contributed by atoms with Crippen molar-refractivity contribution in [2.24, 2.45) is 0 Å². The molecule has 1 aliphatic heterocycles. The molecule has 1 saturated heterocycles. The van der Waals surface area contributed by atoms with Gasteiger partial charge in [0.2, 0.25) is 5.91 Å². The lowest BCUT2D eigenvalue weighted by Crippen LogP contribution is -2.49. The number of carbonyl (C=O) groups is 1. The van der Waals surface area contributed by atoms with Gasteiger partial charge in [-0.25, -0.2) is 14.9 Å². The summed E-state index contributed by atoms with van der Waals surface area (Å²) in [5.74, 6) is 1.27. The first kappa shape index (κ1) is 20.2. The van der Waals surface area contributed by atoms with Crippen LogP contribution in [0.2, 0.25) is 0 Å². The van der Waals surface area contributed by atoms with Crippen molar-refractivity contribution in [2.75, 3.05) is 36.8 Å². The van der Waals surface area contributed by atoms with Crippen molar-refractivity contribution in [1.29, 1.82) is 0 Å². The van der Waals surface area contributed by atoms with Crippen LogP contribution in [0.25, 0.3) is 0 Å². The minimum Gasteiger partial charge on any atom is -0.353 e. The number of nitrogens with zero attached hydrogens (tertiary/aromatic N) is 5. The molecule has 1 fully saturated rings. The third-order valence-electron chi connectivity index (χ3n) is 5.12. The van der Waals surface area contributed by atoms with Crippen LogP contribution in [0.3, 0.4) is 0 Å². The number of aryl methyl sites for hydroxylation is 1. The molecule has 156 valence electrons. The summed E-state index contributed by atoms with van der Waals surface area (Å²) in [6, 6.07) is 15.9. The molecule has 8 nitrogen and oxygen atoms in total. The number of pyridine rings is 1. The van der Waals surface area contributed by atoms with Gasteiger partial charge in [-0.05, 0) is 24.1 Å². The van der Waals surface area contributed by atoms with Crippen molar-refractivity contribution in [3.8, 4) is 0 Å². The number of piperazine rings is 1. The van der Waals surface area contributed by atoms with Crippen LogP contribution in [0.15, 0.2) is 64.7 Å². The summed E-state index contributed by atoms with van der Waals surface area (Å²) in [6.07, 6.45) is 2.52. The number of H-pyrrole nitrogens is 1. The largest absolute Gasteiger partial charge is 0.353 e. The van der Waals surface area contributed by atoms with Crippen LogP contribution >= 0.6 is 11.8 Å². The fourth-order valence-electron chi connectivity index (χ4n) is 3.44. The van der Waals surface area contributed by atoms with Gasteiger partial charge in [-0.3, -0.25) is 9.36 Å². The van der Waals surface area contributed by atoms with E-state index in [0.717, 1.165) is 30.9 Å². The normalized spacial score (nSPS) is 14.1. The Kier molecular flexibility index (Phi) is 6.48. The van der Waals surface area contributed by atoms with Crippen molar-refractivity contribution >= 4 is 23.5 Å². The summed E-state index contributed by atoms with van der Waals surface area (Å²) in [5.41, 5.74) is 0.910. The van der Waals surface area contributed by atoms with Gasteiger partial charge >= 0.3 is 5.69 Å². The van der Waals surface area contributed by atoms with Gasteiger partial charge in [0.05, 0.1) is 5.75 Å². The summed E-state index contributed by atoms with van der Waals surface area (Å²) in [4.78, 5) is 33.2. The van der Waals surface area contributed by atoms with Crippen LogP contribution in [0.5, 0.6) is 0 Å². The summed E-state index contributed by atoms with van der Waals surface area (Å²) in [5, 5.41) is 7.15. The Morgan fingerprint density at radius 1 is 1.03 bits per heavy atom. The number of hydrogen-bond donors (Lipinski definition) is 1. The summed E-state index contributed by atoms with van der Waals surface area (Å²) >= 11 is 1.31. The SMILES string of the molecule is O=C(CSc1n[nH]c(=O)n1CCc1ccccc1)N1CCN(c2ccccn2)CC1. The highest BCUT2D eigenvalue weighted by Crippen LogP contribution is 2.17. The monoisotopic (exact) mass is 424 g/mol. The van der Waals surface area contributed by atoms with E-state index in [0.29, 0.717) is 24.8 Å². The number of amides is 1. The summed E-state index contributed by atoms with van der Waals surface area (Å²) in [6.45, 7) is 3.38. The van der Waals surface area contributed by atoms with Crippen molar-refractivity contribution in [3.63, 3.8) is 0 Å². The van der Waals surface area contributed by atoms with Gasteiger partial charge in [-0.15, -0.1) is 5.10 Å². The molecule has 3 heterocycles. The quantitative estimate of drug-likeness (QED) is 0.581. The number of aromatic nitrogens is 4.